The molecule has 0 fully saturated rings. The van der Waals surface area contributed by atoms with E-state index in [1.807, 2.05) is 38.4 Å². The summed E-state index contributed by atoms with van der Waals surface area (Å²) in [6.07, 6.45) is 0. The summed E-state index contributed by atoms with van der Waals surface area (Å²) in [6.45, 7) is 0. The molecule has 3 N–H and O–H groups in total. The molecule has 2 heterocycles. The van der Waals surface area contributed by atoms with Crippen LogP contribution in [0.4, 0.5) is 5.82 Å². The number of fused-ring (bicyclic) bond motifs is 1. The molecule has 0 saturated heterocycles. The van der Waals surface area contributed by atoms with Crippen molar-refractivity contribution >= 4 is 16.9 Å². The van der Waals surface area contributed by atoms with E-state index in [1.165, 1.54) is 0 Å². The summed E-state index contributed by atoms with van der Waals surface area (Å²) in [6, 6.07) is 7.74. The fourth-order valence-electron chi connectivity index (χ4n) is 2.05. The van der Waals surface area contributed by atoms with Crippen molar-refractivity contribution < 1.29 is 0 Å². The molecule has 0 radical (unpaired) electrons. The molecule has 0 aliphatic heterocycles. The number of nitrogens with zero attached hydrogens (tertiary/aromatic N) is 2. The first kappa shape index (κ1) is 10.6. The van der Waals surface area contributed by atoms with Crippen LogP contribution in [0, 0.1) is 0 Å². The van der Waals surface area contributed by atoms with Crippen LogP contribution in [-0.4, -0.2) is 26.8 Å². The Hall–Kier alpha value is -2.50. The minimum atomic E-state index is -0.192. The van der Waals surface area contributed by atoms with E-state index in [1.54, 1.807) is 4.68 Å². The van der Waals surface area contributed by atoms with E-state index in [0.717, 1.165) is 28.1 Å². The Labute approximate surface area is 103 Å². The largest absolute Gasteiger partial charge is 0.372 e. The molecule has 6 nitrogen and oxygen atoms in total. The molecule has 0 saturated carbocycles. The summed E-state index contributed by atoms with van der Waals surface area (Å²) >= 11 is 0. The van der Waals surface area contributed by atoms with Gasteiger partial charge in [-0.05, 0) is 12.1 Å². The van der Waals surface area contributed by atoms with Gasteiger partial charge in [-0.1, -0.05) is 6.07 Å². The SMILES string of the molecule is CNc1cc(-c2ccc3[nH]c(=O)[nH]c3c2)n(C)n1. The monoisotopic (exact) mass is 243 g/mol. The quantitative estimate of drug-likeness (QED) is 0.634. The lowest BCUT2D eigenvalue weighted by Crippen LogP contribution is -1.99. The van der Waals surface area contributed by atoms with Crippen LogP contribution in [-0.2, 0) is 7.05 Å². The Kier molecular flexibility index (Phi) is 2.22. The third kappa shape index (κ3) is 1.58. The lowest BCUT2D eigenvalue weighted by Gasteiger charge is -2.01. The normalized spacial score (nSPS) is 11.0. The van der Waals surface area contributed by atoms with Crippen molar-refractivity contribution in [3.05, 3.63) is 34.7 Å². The topological polar surface area (TPSA) is 78.5 Å². The summed E-state index contributed by atoms with van der Waals surface area (Å²) in [5, 5.41) is 7.32. The Balaban J connectivity index is 2.18. The maximum atomic E-state index is 11.2. The van der Waals surface area contributed by atoms with Crippen molar-refractivity contribution in [2.75, 3.05) is 12.4 Å². The highest BCUT2D eigenvalue weighted by Crippen LogP contribution is 2.24. The fourth-order valence-corrected chi connectivity index (χ4v) is 2.05. The predicted molar refractivity (Wildman–Crippen MR) is 70.7 cm³/mol. The number of benzene rings is 1. The zero-order valence-electron chi connectivity index (χ0n) is 10.1. The van der Waals surface area contributed by atoms with E-state index in [0.29, 0.717) is 0 Å². The number of aromatic amines is 2. The minimum Gasteiger partial charge on any atom is -0.372 e. The first-order valence-corrected chi connectivity index (χ1v) is 5.61. The molecule has 0 aliphatic rings. The molecule has 92 valence electrons. The van der Waals surface area contributed by atoms with Gasteiger partial charge in [-0.15, -0.1) is 0 Å². The summed E-state index contributed by atoms with van der Waals surface area (Å²) < 4.78 is 1.80. The van der Waals surface area contributed by atoms with E-state index >= 15 is 0 Å². The van der Waals surface area contributed by atoms with Gasteiger partial charge in [0.1, 0.15) is 5.82 Å². The summed E-state index contributed by atoms with van der Waals surface area (Å²) in [5.41, 5.74) is 3.41. The van der Waals surface area contributed by atoms with Crippen molar-refractivity contribution in [3.8, 4) is 11.3 Å². The van der Waals surface area contributed by atoms with Crippen LogP contribution in [0.15, 0.2) is 29.1 Å². The maximum absolute atomic E-state index is 11.2. The average molecular weight is 243 g/mol. The van der Waals surface area contributed by atoms with E-state index in [-0.39, 0.29) is 5.69 Å². The number of H-pyrrole nitrogens is 2. The molecule has 0 amide bonds. The number of aromatic nitrogens is 4. The van der Waals surface area contributed by atoms with E-state index in [2.05, 4.69) is 20.4 Å². The van der Waals surface area contributed by atoms with E-state index in [9.17, 15) is 4.79 Å². The van der Waals surface area contributed by atoms with Gasteiger partial charge in [0.2, 0.25) is 0 Å². The molecule has 0 unspecified atom stereocenters. The van der Waals surface area contributed by atoms with Gasteiger partial charge in [0.15, 0.2) is 0 Å². The third-order valence-electron chi connectivity index (χ3n) is 2.95. The van der Waals surface area contributed by atoms with Gasteiger partial charge in [-0.25, -0.2) is 4.79 Å². The average Bonchev–Trinajstić information content (AvgIpc) is 2.89. The second-order valence-corrected chi connectivity index (χ2v) is 4.13. The Morgan fingerprint density at radius 1 is 1.22 bits per heavy atom. The third-order valence-corrected chi connectivity index (χ3v) is 2.95. The van der Waals surface area contributed by atoms with Crippen LogP contribution in [0.25, 0.3) is 22.3 Å². The van der Waals surface area contributed by atoms with Gasteiger partial charge in [-0.3, -0.25) is 4.68 Å². The summed E-state index contributed by atoms with van der Waals surface area (Å²) in [5.74, 6) is 0.815. The highest BCUT2D eigenvalue weighted by molar-refractivity contribution is 5.81. The number of nitrogens with one attached hydrogen (secondary N) is 3. The molecule has 3 rings (SSSR count). The zero-order valence-corrected chi connectivity index (χ0v) is 10.1. The number of hydrogen-bond acceptors (Lipinski definition) is 3. The maximum Gasteiger partial charge on any atom is 0.323 e. The summed E-state index contributed by atoms with van der Waals surface area (Å²) in [4.78, 5) is 16.7. The molecule has 18 heavy (non-hydrogen) atoms. The van der Waals surface area contributed by atoms with Crippen LogP contribution in [0.2, 0.25) is 0 Å². The molecule has 6 heteroatoms. The first-order valence-electron chi connectivity index (χ1n) is 5.61. The minimum absolute atomic E-state index is 0.192. The van der Waals surface area contributed by atoms with Crippen molar-refractivity contribution in [3.63, 3.8) is 0 Å². The molecule has 0 atom stereocenters. The second-order valence-electron chi connectivity index (χ2n) is 4.13. The van der Waals surface area contributed by atoms with Gasteiger partial charge in [0.05, 0.1) is 16.7 Å². The van der Waals surface area contributed by atoms with E-state index < -0.39 is 0 Å². The van der Waals surface area contributed by atoms with Crippen molar-refractivity contribution in [1.82, 2.24) is 19.7 Å². The molecular formula is C12H13N5O. The van der Waals surface area contributed by atoms with Crippen LogP contribution in [0.5, 0.6) is 0 Å². The molecular weight excluding hydrogens is 230 g/mol. The van der Waals surface area contributed by atoms with Crippen molar-refractivity contribution in [1.29, 1.82) is 0 Å². The number of aryl methyl sites for hydroxylation is 1. The van der Waals surface area contributed by atoms with Gasteiger partial charge in [-0.2, -0.15) is 5.10 Å². The number of anilines is 1. The molecule has 0 spiro atoms. The Morgan fingerprint density at radius 2 is 2.00 bits per heavy atom. The summed E-state index contributed by atoms with van der Waals surface area (Å²) in [7, 11) is 3.72. The molecule has 2 aromatic heterocycles. The lowest BCUT2D eigenvalue weighted by atomic mass is 10.1. The fraction of sp³-hybridized carbons (Fsp3) is 0.167. The van der Waals surface area contributed by atoms with Crippen LogP contribution < -0.4 is 11.0 Å². The van der Waals surface area contributed by atoms with Gasteiger partial charge in [0.25, 0.3) is 0 Å². The van der Waals surface area contributed by atoms with Crippen molar-refractivity contribution in [2.45, 2.75) is 0 Å². The van der Waals surface area contributed by atoms with E-state index in [4.69, 9.17) is 0 Å². The number of imidazole rings is 1. The van der Waals surface area contributed by atoms with Crippen LogP contribution >= 0.6 is 0 Å². The molecule has 1 aromatic carbocycles. The number of rotatable bonds is 2. The highest BCUT2D eigenvalue weighted by Gasteiger charge is 2.08. The predicted octanol–water partition coefficient (Wildman–Crippen LogP) is 1.30. The van der Waals surface area contributed by atoms with Gasteiger partial charge >= 0.3 is 5.69 Å². The highest BCUT2D eigenvalue weighted by atomic mass is 16.1. The molecule has 0 bridgehead atoms. The van der Waals surface area contributed by atoms with Gasteiger partial charge in [0, 0.05) is 25.7 Å². The molecule has 0 aliphatic carbocycles. The second kappa shape index (κ2) is 3.76. The zero-order chi connectivity index (χ0) is 12.7. The van der Waals surface area contributed by atoms with Crippen molar-refractivity contribution in [2.24, 2.45) is 7.05 Å². The van der Waals surface area contributed by atoms with Gasteiger partial charge < -0.3 is 15.3 Å². The van der Waals surface area contributed by atoms with Crippen LogP contribution in [0.1, 0.15) is 0 Å². The lowest BCUT2D eigenvalue weighted by molar-refractivity contribution is 0.779. The number of hydrogen-bond donors (Lipinski definition) is 3. The Morgan fingerprint density at radius 3 is 2.72 bits per heavy atom. The first-order chi connectivity index (χ1) is 8.67. The smallest absolute Gasteiger partial charge is 0.323 e. The van der Waals surface area contributed by atoms with Crippen LogP contribution in [0.3, 0.4) is 0 Å². The molecule has 3 aromatic rings. The standard InChI is InChI=1S/C12H13N5O/c1-13-11-6-10(17(2)16-11)7-3-4-8-9(5-7)15-12(18)14-8/h3-6H,1-2H3,(H,13,16)(H2,14,15,18). The Bertz CT molecular complexity index is 764.